The number of nitrogens with one attached hydrogen (secondary N) is 2. The summed E-state index contributed by atoms with van der Waals surface area (Å²) in [5.74, 6) is 0.813. The van der Waals surface area contributed by atoms with Gasteiger partial charge in [-0.15, -0.1) is 35.3 Å². The molecule has 0 aliphatic rings. The maximum atomic E-state index is 5.91. The van der Waals surface area contributed by atoms with E-state index in [1.54, 1.807) is 11.3 Å². The van der Waals surface area contributed by atoms with Crippen LogP contribution < -0.4 is 15.5 Å². The second-order valence-corrected chi connectivity index (χ2v) is 7.25. The highest BCUT2D eigenvalue weighted by Gasteiger charge is 2.05. The van der Waals surface area contributed by atoms with E-state index in [0.29, 0.717) is 13.2 Å². The molecule has 28 heavy (non-hydrogen) atoms. The number of aliphatic imine (C=N–C) groups is 1. The molecule has 6 nitrogen and oxygen atoms in total. The second-order valence-electron chi connectivity index (χ2n) is 6.42. The zero-order valence-corrected chi connectivity index (χ0v) is 20.3. The van der Waals surface area contributed by atoms with E-state index in [1.807, 2.05) is 37.2 Å². The number of thiazole rings is 1. The highest BCUT2D eigenvalue weighted by atomic mass is 127. The Bertz CT molecular complexity index is 693. The lowest BCUT2D eigenvalue weighted by molar-refractivity contribution is 0.0646. The molecule has 0 saturated heterocycles. The Balaban J connectivity index is 0.00000392. The summed E-state index contributed by atoms with van der Waals surface area (Å²) in [7, 11) is 4.00. The third-order valence-electron chi connectivity index (χ3n) is 3.92. The summed E-state index contributed by atoms with van der Waals surface area (Å²) in [5, 5.41) is 9.69. The van der Waals surface area contributed by atoms with Crippen LogP contribution in [0.5, 0.6) is 0 Å². The zero-order valence-electron chi connectivity index (χ0n) is 17.1. The van der Waals surface area contributed by atoms with Gasteiger partial charge in [0.25, 0.3) is 0 Å². The number of hydrogen-bond acceptors (Lipinski definition) is 5. The molecule has 0 radical (unpaired) electrons. The number of rotatable bonds is 10. The fraction of sp³-hybridized carbons (Fsp3) is 0.500. The van der Waals surface area contributed by atoms with E-state index in [4.69, 9.17) is 4.74 Å². The van der Waals surface area contributed by atoms with Crippen LogP contribution in [0.4, 0.5) is 5.13 Å². The van der Waals surface area contributed by atoms with Crippen molar-refractivity contribution in [1.82, 2.24) is 15.6 Å². The summed E-state index contributed by atoms with van der Waals surface area (Å²) < 4.78 is 5.91. The van der Waals surface area contributed by atoms with E-state index >= 15 is 0 Å². The van der Waals surface area contributed by atoms with Gasteiger partial charge in [-0.3, -0.25) is 0 Å². The first-order valence-corrected chi connectivity index (χ1v) is 10.3. The third-order valence-corrected chi connectivity index (χ3v) is 4.97. The van der Waals surface area contributed by atoms with E-state index in [0.717, 1.165) is 36.3 Å². The second kappa shape index (κ2) is 13.7. The monoisotopic (exact) mass is 517 g/mol. The van der Waals surface area contributed by atoms with E-state index < -0.39 is 0 Å². The number of halogens is 1. The number of nitrogens with zero attached hydrogens (tertiary/aromatic N) is 3. The van der Waals surface area contributed by atoms with E-state index in [2.05, 4.69) is 52.0 Å². The van der Waals surface area contributed by atoms with E-state index in [-0.39, 0.29) is 30.1 Å². The molecule has 0 aliphatic heterocycles. The molecule has 8 heteroatoms. The van der Waals surface area contributed by atoms with Crippen molar-refractivity contribution in [2.24, 2.45) is 4.99 Å². The Hall–Kier alpha value is -1.39. The lowest BCUT2D eigenvalue weighted by Gasteiger charge is -2.14. The van der Waals surface area contributed by atoms with Gasteiger partial charge >= 0.3 is 0 Å². The van der Waals surface area contributed by atoms with Crippen LogP contribution in [0.2, 0.25) is 0 Å². The van der Waals surface area contributed by atoms with Crippen LogP contribution in [0.3, 0.4) is 0 Å². The van der Waals surface area contributed by atoms with Crippen molar-refractivity contribution >= 4 is 46.4 Å². The maximum Gasteiger partial charge on any atom is 0.191 e. The van der Waals surface area contributed by atoms with Crippen molar-refractivity contribution in [3.63, 3.8) is 0 Å². The zero-order chi connectivity index (χ0) is 19.5. The number of hydrogen-bond donors (Lipinski definition) is 2. The molecule has 0 amide bonds. The standard InChI is InChI=1S/C20H31N5OS.HI/c1-5-21-19(23-14-18-15-27-20(24-18)25(3)4)22-12-9-13-26-16(2)17-10-7-6-8-11-17;/h6-8,10-11,15-16H,5,9,12-14H2,1-4H3,(H2,21,22,23);1H. The Morgan fingerprint density at radius 2 is 2.00 bits per heavy atom. The van der Waals surface area contributed by atoms with Gasteiger partial charge in [0.15, 0.2) is 11.1 Å². The molecule has 1 atom stereocenters. The van der Waals surface area contributed by atoms with E-state index in [1.165, 1.54) is 5.56 Å². The van der Waals surface area contributed by atoms with Crippen LogP contribution >= 0.6 is 35.3 Å². The lowest BCUT2D eigenvalue weighted by atomic mass is 10.1. The molecule has 0 fully saturated rings. The molecule has 1 aromatic heterocycles. The van der Waals surface area contributed by atoms with Gasteiger partial charge in [-0.2, -0.15) is 0 Å². The van der Waals surface area contributed by atoms with Crippen LogP contribution in [-0.4, -0.2) is 44.7 Å². The number of anilines is 1. The summed E-state index contributed by atoms with van der Waals surface area (Å²) >= 11 is 1.64. The van der Waals surface area contributed by atoms with Crippen LogP contribution in [0.15, 0.2) is 40.7 Å². The Morgan fingerprint density at radius 3 is 2.64 bits per heavy atom. The maximum absolute atomic E-state index is 5.91. The summed E-state index contributed by atoms with van der Waals surface area (Å²) in [6, 6.07) is 10.3. The average Bonchev–Trinajstić information content (AvgIpc) is 3.15. The average molecular weight is 517 g/mol. The van der Waals surface area contributed by atoms with Gasteiger partial charge in [-0.25, -0.2) is 9.98 Å². The fourth-order valence-corrected chi connectivity index (χ4v) is 3.18. The minimum atomic E-state index is 0. The highest BCUT2D eigenvalue weighted by molar-refractivity contribution is 14.0. The van der Waals surface area contributed by atoms with Gasteiger partial charge in [0.2, 0.25) is 0 Å². The fourth-order valence-electron chi connectivity index (χ4n) is 2.44. The van der Waals surface area contributed by atoms with Gasteiger partial charge < -0.3 is 20.3 Å². The Morgan fingerprint density at radius 1 is 1.25 bits per heavy atom. The number of benzene rings is 1. The van der Waals surface area contributed by atoms with Gasteiger partial charge in [0.1, 0.15) is 0 Å². The van der Waals surface area contributed by atoms with Gasteiger partial charge in [-0.1, -0.05) is 30.3 Å². The van der Waals surface area contributed by atoms with Crippen LogP contribution in [0, 0.1) is 0 Å². The third kappa shape index (κ3) is 8.74. The molecule has 0 spiro atoms. The molecule has 0 aliphatic carbocycles. The van der Waals surface area contributed by atoms with E-state index in [9.17, 15) is 0 Å². The predicted octanol–water partition coefficient (Wildman–Crippen LogP) is 4.05. The molecule has 1 heterocycles. The molecular formula is C20H32IN5OS. The molecule has 156 valence electrons. The molecule has 2 N–H and O–H groups in total. The van der Waals surface area contributed by atoms with Crippen LogP contribution in [0.25, 0.3) is 0 Å². The largest absolute Gasteiger partial charge is 0.374 e. The molecule has 1 aromatic carbocycles. The first kappa shape index (κ1) is 24.6. The molecule has 2 rings (SSSR count). The SMILES string of the molecule is CCNC(=NCc1csc(N(C)C)n1)NCCCOC(C)c1ccccc1.I. The molecule has 0 bridgehead atoms. The summed E-state index contributed by atoms with van der Waals surface area (Å²) in [5.41, 5.74) is 2.20. The van der Waals surface area contributed by atoms with Gasteiger partial charge in [-0.05, 0) is 25.8 Å². The van der Waals surface area contributed by atoms with Crippen molar-refractivity contribution in [3.05, 3.63) is 47.0 Å². The Kier molecular flexibility index (Phi) is 12.1. The topological polar surface area (TPSA) is 61.8 Å². The predicted molar refractivity (Wildman–Crippen MR) is 130 cm³/mol. The van der Waals surface area contributed by atoms with Crippen molar-refractivity contribution in [2.75, 3.05) is 38.7 Å². The van der Waals surface area contributed by atoms with Crippen molar-refractivity contribution in [1.29, 1.82) is 0 Å². The first-order valence-electron chi connectivity index (χ1n) is 9.40. The molecular weight excluding hydrogens is 485 g/mol. The Labute approximate surface area is 189 Å². The number of aromatic nitrogens is 1. The summed E-state index contributed by atoms with van der Waals surface area (Å²) in [6.45, 7) is 7.07. The lowest BCUT2D eigenvalue weighted by Crippen LogP contribution is -2.38. The smallest absolute Gasteiger partial charge is 0.191 e. The minimum Gasteiger partial charge on any atom is -0.374 e. The van der Waals surface area contributed by atoms with Gasteiger partial charge in [0.05, 0.1) is 18.3 Å². The summed E-state index contributed by atoms with van der Waals surface area (Å²) in [6.07, 6.45) is 1.03. The normalized spacial score (nSPS) is 12.2. The van der Waals surface area contributed by atoms with Gasteiger partial charge in [0, 0.05) is 39.2 Å². The number of ether oxygens (including phenoxy) is 1. The quantitative estimate of drug-likeness (QED) is 0.216. The molecule has 0 saturated carbocycles. The van der Waals surface area contributed by atoms with Crippen LogP contribution in [0.1, 0.15) is 37.6 Å². The van der Waals surface area contributed by atoms with Crippen molar-refractivity contribution in [2.45, 2.75) is 32.9 Å². The summed E-state index contributed by atoms with van der Waals surface area (Å²) in [4.78, 5) is 11.2. The molecule has 1 unspecified atom stereocenters. The van der Waals surface area contributed by atoms with Crippen molar-refractivity contribution < 1.29 is 4.74 Å². The minimum absolute atomic E-state index is 0. The van der Waals surface area contributed by atoms with Crippen LogP contribution in [-0.2, 0) is 11.3 Å². The molecule has 2 aromatic rings. The number of guanidine groups is 1. The first-order chi connectivity index (χ1) is 13.1. The van der Waals surface area contributed by atoms with Crippen molar-refractivity contribution in [3.8, 4) is 0 Å². The highest BCUT2D eigenvalue weighted by Crippen LogP contribution is 2.18.